The van der Waals surface area contributed by atoms with Crippen molar-refractivity contribution in [2.75, 3.05) is 0 Å². The molecule has 0 saturated heterocycles. The Bertz CT molecular complexity index is 237. The predicted octanol–water partition coefficient (Wildman–Crippen LogP) is 0.964. The van der Waals surface area contributed by atoms with Gasteiger partial charge in [0.2, 0.25) is 0 Å². The third kappa shape index (κ3) is 2.08. The number of hydrogen-bond donors (Lipinski definition) is 0. The molecule has 11 heavy (non-hydrogen) atoms. The molecule has 0 nitrogen and oxygen atoms in total. The predicted molar refractivity (Wildman–Crippen MR) is 39.6 cm³/mol. The maximum Gasteiger partial charge on any atom is 0.416 e. The van der Waals surface area contributed by atoms with Gasteiger partial charge in [0.25, 0.3) is 0 Å². The second-order valence-electron chi connectivity index (χ2n) is 2.19. The lowest BCUT2D eigenvalue weighted by Gasteiger charge is -2.05. The van der Waals surface area contributed by atoms with Crippen LogP contribution in [0.2, 0.25) is 0 Å². The van der Waals surface area contributed by atoms with E-state index in [1.54, 1.807) is 10.2 Å². The summed E-state index contributed by atoms with van der Waals surface area (Å²) in [4.78, 5) is 0. The van der Waals surface area contributed by atoms with Gasteiger partial charge in [-0.15, -0.1) is 0 Å². The zero-order valence-electron chi connectivity index (χ0n) is 5.65. The van der Waals surface area contributed by atoms with E-state index in [9.17, 15) is 13.2 Å². The maximum absolute atomic E-state index is 11.9. The van der Waals surface area contributed by atoms with Gasteiger partial charge in [0, 0.05) is 10.2 Å². The summed E-state index contributed by atoms with van der Waals surface area (Å²) in [6.07, 6.45) is -4.21. The largest absolute Gasteiger partial charge is 0.416 e. The molecule has 0 aliphatic carbocycles. The summed E-state index contributed by atoms with van der Waals surface area (Å²) in [5.41, 5.74) is -0.590. The molecule has 1 aromatic rings. The van der Waals surface area contributed by atoms with Gasteiger partial charge in [-0.05, 0) is 0 Å². The fourth-order valence-electron chi connectivity index (χ4n) is 0.694. The van der Waals surface area contributed by atoms with Crippen molar-refractivity contribution in [3.8, 4) is 0 Å². The zero-order valence-corrected chi connectivity index (χ0v) is 7.06. The Morgan fingerprint density at radius 1 is 1.00 bits per heavy atom. The minimum Gasteiger partial charge on any atom is -0.166 e. The van der Waals surface area contributed by atoms with Crippen LogP contribution in [0, 0.1) is 0 Å². The van der Waals surface area contributed by atoms with Gasteiger partial charge in [-0.3, -0.25) is 0 Å². The Morgan fingerprint density at radius 3 is 1.82 bits per heavy atom. The van der Waals surface area contributed by atoms with Crippen LogP contribution in [0.3, 0.4) is 0 Å². The summed E-state index contributed by atoms with van der Waals surface area (Å²) in [6.45, 7) is 0. The fourth-order valence-corrected chi connectivity index (χ4v) is 0.929. The topological polar surface area (TPSA) is 0 Å². The van der Waals surface area contributed by atoms with Crippen molar-refractivity contribution in [1.82, 2.24) is 0 Å². The molecule has 0 amide bonds. The quantitative estimate of drug-likeness (QED) is 0.515. The van der Waals surface area contributed by atoms with Crippen LogP contribution in [0.5, 0.6) is 0 Å². The van der Waals surface area contributed by atoms with E-state index in [1.165, 1.54) is 12.1 Å². The van der Waals surface area contributed by atoms with E-state index in [0.717, 1.165) is 17.3 Å². The standard InChI is InChI=1S/C7H6F3Si/c8-7(9,10)5-1-3-6(11)4-2-5/h1-4H,11H2. The first kappa shape index (κ1) is 8.32. The average Bonchev–Trinajstić information content (AvgIpc) is 1.86. The van der Waals surface area contributed by atoms with Crippen LogP contribution >= 0.6 is 0 Å². The summed E-state index contributed by atoms with van der Waals surface area (Å²) in [6, 6.07) is 5.09. The van der Waals surface area contributed by atoms with E-state index in [2.05, 4.69) is 0 Å². The lowest BCUT2D eigenvalue weighted by atomic mass is 10.2. The van der Waals surface area contributed by atoms with Crippen LogP contribution in [0.25, 0.3) is 0 Å². The molecule has 1 aromatic carbocycles. The van der Waals surface area contributed by atoms with Crippen molar-refractivity contribution in [3.05, 3.63) is 29.8 Å². The Hall–Kier alpha value is -0.773. The lowest BCUT2D eigenvalue weighted by Crippen LogP contribution is -2.08. The second kappa shape index (κ2) is 2.69. The average molecular weight is 175 g/mol. The van der Waals surface area contributed by atoms with Gasteiger partial charge in [-0.25, -0.2) is 0 Å². The molecule has 59 valence electrons. The fraction of sp³-hybridized carbons (Fsp3) is 0.143. The van der Waals surface area contributed by atoms with Gasteiger partial charge < -0.3 is 0 Å². The van der Waals surface area contributed by atoms with E-state index in [-0.39, 0.29) is 0 Å². The van der Waals surface area contributed by atoms with E-state index < -0.39 is 11.7 Å². The Kier molecular flexibility index (Phi) is 2.04. The van der Waals surface area contributed by atoms with Crippen LogP contribution < -0.4 is 5.19 Å². The molecule has 4 heteroatoms. The molecule has 0 unspecified atom stereocenters. The number of rotatable bonds is 0. The number of halogens is 3. The van der Waals surface area contributed by atoms with E-state index in [1.807, 2.05) is 0 Å². The monoisotopic (exact) mass is 175 g/mol. The molecule has 0 heterocycles. The number of hydrogen-bond acceptors (Lipinski definition) is 0. The molecular weight excluding hydrogens is 169 g/mol. The summed E-state index contributed by atoms with van der Waals surface area (Å²) in [5.74, 6) is 0. The molecule has 0 atom stereocenters. The first-order chi connectivity index (χ1) is 5.00. The molecule has 0 spiro atoms. The highest BCUT2D eigenvalue weighted by atomic mass is 28.1. The Labute approximate surface area is 65.5 Å². The lowest BCUT2D eigenvalue weighted by molar-refractivity contribution is -0.137. The highest BCUT2D eigenvalue weighted by Gasteiger charge is 2.29. The highest BCUT2D eigenvalue weighted by Crippen LogP contribution is 2.27. The summed E-state index contributed by atoms with van der Waals surface area (Å²) in [5, 5.41) is 0.859. The normalized spacial score (nSPS) is 11.6. The minimum absolute atomic E-state index is 0.590. The molecule has 0 N–H and O–H groups in total. The van der Waals surface area contributed by atoms with Crippen molar-refractivity contribution in [1.29, 1.82) is 0 Å². The van der Waals surface area contributed by atoms with E-state index in [4.69, 9.17) is 0 Å². The van der Waals surface area contributed by atoms with Crippen LogP contribution in [-0.4, -0.2) is 10.2 Å². The minimum atomic E-state index is -4.21. The van der Waals surface area contributed by atoms with Gasteiger partial charge in [-0.1, -0.05) is 29.5 Å². The van der Waals surface area contributed by atoms with Gasteiger partial charge >= 0.3 is 6.18 Å². The highest BCUT2D eigenvalue weighted by molar-refractivity contribution is 6.32. The third-order valence-corrected chi connectivity index (χ3v) is 1.75. The molecule has 0 saturated carbocycles. The number of benzene rings is 1. The Morgan fingerprint density at radius 2 is 1.45 bits per heavy atom. The van der Waals surface area contributed by atoms with Crippen LogP contribution in [-0.2, 0) is 6.18 Å². The SMILES string of the molecule is FC(F)(F)c1ccc([SiH2])cc1. The van der Waals surface area contributed by atoms with Crippen molar-refractivity contribution in [2.45, 2.75) is 6.18 Å². The second-order valence-corrected chi connectivity index (χ2v) is 3.01. The molecular formula is C7H6F3Si. The van der Waals surface area contributed by atoms with E-state index >= 15 is 0 Å². The molecule has 0 aliphatic rings. The van der Waals surface area contributed by atoms with E-state index in [0.29, 0.717) is 0 Å². The summed E-state index contributed by atoms with van der Waals surface area (Å²) < 4.78 is 35.8. The van der Waals surface area contributed by atoms with Crippen molar-refractivity contribution < 1.29 is 13.2 Å². The maximum atomic E-state index is 11.9. The van der Waals surface area contributed by atoms with Crippen molar-refractivity contribution in [2.24, 2.45) is 0 Å². The molecule has 0 bridgehead atoms. The van der Waals surface area contributed by atoms with Crippen LogP contribution in [0.4, 0.5) is 13.2 Å². The zero-order chi connectivity index (χ0) is 8.48. The number of alkyl halides is 3. The summed E-state index contributed by atoms with van der Waals surface area (Å²) in [7, 11) is 1.56. The van der Waals surface area contributed by atoms with Gasteiger partial charge in [0.15, 0.2) is 0 Å². The third-order valence-electron chi connectivity index (χ3n) is 1.28. The molecule has 0 fully saturated rings. The molecule has 1 radical (unpaired) electrons. The van der Waals surface area contributed by atoms with Crippen LogP contribution in [0.15, 0.2) is 24.3 Å². The Balaban J connectivity index is 2.99. The first-order valence-corrected chi connectivity index (χ1v) is 3.70. The van der Waals surface area contributed by atoms with Gasteiger partial charge in [-0.2, -0.15) is 13.2 Å². The molecule has 0 aliphatic heterocycles. The first-order valence-electron chi connectivity index (χ1n) is 2.99. The molecule has 0 aromatic heterocycles. The smallest absolute Gasteiger partial charge is 0.166 e. The van der Waals surface area contributed by atoms with Gasteiger partial charge in [0.05, 0.1) is 5.56 Å². The summed E-state index contributed by atoms with van der Waals surface area (Å²) >= 11 is 0. The van der Waals surface area contributed by atoms with Gasteiger partial charge in [0.1, 0.15) is 0 Å². The van der Waals surface area contributed by atoms with Crippen molar-refractivity contribution in [3.63, 3.8) is 0 Å². The molecule has 1 rings (SSSR count). The van der Waals surface area contributed by atoms with Crippen LogP contribution in [0.1, 0.15) is 5.56 Å². The van der Waals surface area contributed by atoms with Crippen molar-refractivity contribution >= 4 is 15.4 Å².